The van der Waals surface area contributed by atoms with E-state index in [0.29, 0.717) is 24.5 Å². The molecule has 0 unspecified atom stereocenters. The van der Waals surface area contributed by atoms with E-state index in [1.54, 1.807) is 10.9 Å². The lowest BCUT2D eigenvalue weighted by molar-refractivity contribution is -0.385. The second-order valence-electron chi connectivity index (χ2n) is 4.69. The fourth-order valence-corrected chi connectivity index (χ4v) is 2.11. The zero-order chi connectivity index (χ0) is 16.3. The lowest BCUT2D eigenvalue weighted by Gasteiger charge is -2.05. The topological polar surface area (TPSA) is 108 Å². The van der Waals surface area contributed by atoms with Gasteiger partial charge in [-0.1, -0.05) is 11.6 Å². The first-order chi connectivity index (χ1) is 10.4. The molecule has 9 nitrogen and oxygen atoms in total. The van der Waals surface area contributed by atoms with Gasteiger partial charge in [-0.15, -0.1) is 0 Å². The van der Waals surface area contributed by atoms with Crippen LogP contribution in [0.3, 0.4) is 0 Å². The van der Waals surface area contributed by atoms with Gasteiger partial charge < -0.3 is 5.32 Å². The van der Waals surface area contributed by atoms with Gasteiger partial charge in [-0.05, 0) is 13.3 Å². The van der Waals surface area contributed by atoms with E-state index in [9.17, 15) is 14.9 Å². The molecule has 0 saturated carbocycles. The number of hydrogen-bond acceptors (Lipinski definition) is 5. The average Bonchev–Trinajstić information content (AvgIpc) is 2.98. The molecule has 118 valence electrons. The summed E-state index contributed by atoms with van der Waals surface area (Å²) in [6, 6.07) is 0. The predicted octanol–water partition coefficient (Wildman–Crippen LogP) is 1.31. The van der Waals surface area contributed by atoms with Crippen LogP contribution in [0.4, 0.5) is 5.69 Å². The summed E-state index contributed by atoms with van der Waals surface area (Å²) in [6.07, 6.45) is 3.39. The Morgan fingerprint density at radius 3 is 2.86 bits per heavy atom. The third-order valence-electron chi connectivity index (χ3n) is 3.07. The Kier molecular flexibility index (Phi) is 4.76. The molecule has 2 heterocycles. The maximum Gasteiger partial charge on any atom is 0.320 e. The summed E-state index contributed by atoms with van der Waals surface area (Å²) in [5, 5.41) is 22.0. The number of rotatable bonds is 6. The number of amides is 1. The summed E-state index contributed by atoms with van der Waals surface area (Å²) >= 11 is 5.90. The van der Waals surface area contributed by atoms with E-state index in [0.717, 1.165) is 11.9 Å². The van der Waals surface area contributed by atoms with Crippen LogP contribution in [-0.4, -0.2) is 36.9 Å². The van der Waals surface area contributed by atoms with Crippen molar-refractivity contribution in [3.63, 3.8) is 0 Å². The minimum Gasteiger partial charge on any atom is -0.350 e. The molecule has 0 aliphatic heterocycles. The number of hydrogen-bond donors (Lipinski definition) is 1. The first kappa shape index (κ1) is 16.0. The molecule has 1 N–H and O–H groups in total. The quantitative estimate of drug-likeness (QED) is 0.489. The average molecular weight is 327 g/mol. The molecule has 0 saturated heterocycles. The zero-order valence-corrected chi connectivity index (χ0v) is 12.9. The summed E-state index contributed by atoms with van der Waals surface area (Å²) in [5.41, 5.74) is 0.369. The molecule has 1 amide bonds. The van der Waals surface area contributed by atoms with Crippen LogP contribution in [-0.2, 0) is 13.6 Å². The number of halogens is 1. The molecule has 0 bridgehead atoms. The van der Waals surface area contributed by atoms with Crippen molar-refractivity contribution in [1.29, 1.82) is 0 Å². The monoisotopic (exact) mass is 326 g/mol. The van der Waals surface area contributed by atoms with Crippen LogP contribution >= 0.6 is 11.6 Å². The first-order valence-electron chi connectivity index (χ1n) is 6.54. The third-order valence-corrected chi connectivity index (χ3v) is 3.44. The van der Waals surface area contributed by atoms with Crippen molar-refractivity contribution in [2.45, 2.75) is 19.9 Å². The Morgan fingerprint density at radius 2 is 2.27 bits per heavy atom. The van der Waals surface area contributed by atoms with E-state index in [1.165, 1.54) is 11.7 Å². The fraction of sp³-hybridized carbons (Fsp3) is 0.417. The molecule has 10 heteroatoms. The number of aryl methyl sites for hydroxylation is 3. The second kappa shape index (κ2) is 6.56. The molecular weight excluding hydrogens is 312 g/mol. The van der Waals surface area contributed by atoms with Gasteiger partial charge in [0.1, 0.15) is 6.20 Å². The van der Waals surface area contributed by atoms with Crippen molar-refractivity contribution in [2.75, 3.05) is 6.54 Å². The number of nitrogens with zero attached hydrogens (tertiary/aromatic N) is 5. The number of nitro groups is 1. The largest absolute Gasteiger partial charge is 0.350 e. The van der Waals surface area contributed by atoms with Crippen molar-refractivity contribution in [3.05, 3.63) is 38.9 Å². The van der Waals surface area contributed by atoms with E-state index < -0.39 is 10.8 Å². The molecule has 0 aliphatic carbocycles. The zero-order valence-electron chi connectivity index (χ0n) is 12.1. The molecule has 2 aromatic heterocycles. The van der Waals surface area contributed by atoms with Crippen LogP contribution in [0.25, 0.3) is 0 Å². The number of aromatic nitrogens is 4. The van der Waals surface area contributed by atoms with Crippen LogP contribution in [0.2, 0.25) is 5.02 Å². The summed E-state index contributed by atoms with van der Waals surface area (Å²) in [6.45, 7) is 2.75. The smallest absolute Gasteiger partial charge is 0.320 e. The van der Waals surface area contributed by atoms with Crippen LogP contribution in [0.1, 0.15) is 22.6 Å². The van der Waals surface area contributed by atoms with Gasteiger partial charge in [0, 0.05) is 26.3 Å². The highest BCUT2D eigenvalue weighted by atomic mass is 35.5. The highest BCUT2D eigenvalue weighted by Crippen LogP contribution is 2.16. The van der Waals surface area contributed by atoms with E-state index in [2.05, 4.69) is 15.5 Å². The van der Waals surface area contributed by atoms with Crippen molar-refractivity contribution < 1.29 is 9.72 Å². The lowest BCUT2D eigenvalue weighted by Crippen LogP contribution is -2.28. The van der Waals surface area contributed by atoms with Crippen LogP contribution in [0.5, 0.6) is 0 Å². The molecule has 2 aromatic rings. The molecule has 0 spiro atoms. The highest BCUT2D eigenvalue weighted by molar-refractivity contribution is 6.31. The number of carbonyl (C=O) groups is 1. The Hall–Kier alpha value is -2.42. The van der Waals surface area contributed by atoms with Gasteiger partial charge in [-0.3, -0.25) is 24.3 Å². The van der Waals surface area contributed by atoms with Crippen molar-refractivity contribution >= 4 is 23.2 Å². The maximum absolute atomic E-state index is 12.0. The van der Waals surface area contributed by atoms with Crippen LogP contribution in [0, 0.1) is 17.0 Å². The van der Waals surface area contributed by atoms with Gasteiger partial charge in [-0.25, -0.2) is 0 Å². The van der Waals surface area contributed by atoms with E-state index in [4.69, 9.17) is 11.6 Å². The Morgan fingerprint density at radius 1 is 1.55 bits per heavy atom. The SMILES string of the molecule is Cc1nn(CCCNC(=O)c2c([N+](=O)[O-])cnn2C)cc1Cl. The van der Waals surface area contributed by atoms with Crippen molar-refractivity contribution in [3.8, 4) is 0 Å². The Balaban J connectivity index is 1.88. The third kappa shape index (κ3) is 3.42. The second-order valence-corrected chi connectivity index (χ2v) is 5.10. The summed E-state index contributed by atoms with van der Waals surface area (Å²) in [4.78, 5) is 22.2. The number of nitrogens with one attached hydrogen (secondary N) is 1. The minimum atomic E-state index is -0.629. The Labute approximate surface area is 131 Å². The maximum atomic E-state index is 12.0. The molecule has 0 atom stereocenters. The van der Waals surface area contributed by atoms with E-state index in [-0.39, 0.29) is 11.4 Å². The normalized spacial score (nSPS) is 10.7. The van der Waals surface area contributed by atoms with Crippen LogP contribution < -0.4 is 5.32 Å². The van der Waals surface area contributed by atoms with Gasteiger partial charge in [0.25, 0.3) is 5.91 Å². The van der Waals surface area contributed by atoms with Gasteiger partial charge >= 0.3 is 5.69 Å². The lowest BCUT2D eigenvalue weighted by atomic mass is 10.3. The van der Waals surface area contributed by atoms with E-state index >= 15 is 0 Å². The molecule has 0 radical (unpaired) electrons. The molecule has 0 aromatic carbocycles. The van der Waals surface area contributed by atoms with E-state index in [1.807, 2.05) is 6.92 Å². The van der Waals surface area contributed by atoms with Crippen molar-refractivity contribution in [1.82, 2.24) is 24.9 Å². The number of carbonyl (C=O) groups excluding carboxylic acids is 1. The van der Waals surface area contributed by atoms with Crippen LogP contribution in [0.15, 0.2) is 12.4 Å². The predicted molar refractivity (Wildman–Crippen MR) is 78.8 cm³/mol. The summed E-state index contributed by atoms with van der Waals surface area (Å²) < 4.78 is 2.88. The first-order valence-corrected chi connectivity index (χ1v) is 6.92. The Bertz CT molecular complexity index is 688. The summed E-state index contributed by atoms with van der Waals surface area (Å²) in [7, 11) is 1.48. The van der Waals surface area contributed by atoms with Crippen molar-refractivity contribution in [2.24, 2.45) is 7.05 Å². The molecule has 0 aliphatic rings. The van der Waals surface area contributed by atoms with Gasteiger partial charge in [-0.2, -0.15) is 10.2 Å². The minimum absolute atomic E-state index is 0.0667. The molecule has 22 heavy (non-hydrogen) atoms. The molecule has 2 rings (SSSR count). The molecule has 0 fully saturated rings. The van der Waals surface area contributed by atoms with Gasteiger partial charge in [0.15, 0.2) is 0 Å². The fourth-order valence-electron chi connectivity index (χ4n) is 1.96. The standard InChI is InChI=1S/C12H15ClN6O3/c1-8-9(13)7-18(16-8)5-3-4-14-12(20)11-10(19(21)22)6-15-17(11)2/h6-7H,3-5H2,1-2H3,(H,14,20). The summed E-state index contributed by atoms with van der Waals surface area (Å²) in [5.74, 6) is -0.527. The molecular formula is C12H15ClN6O3. The van der Waals surface area contributed by atoms with Gasteiger partial charge in [0.05, 0.1) is 15.6 Å². The van der Waals surface area contributed by atoms with Gasteiger partial charge in [0.2, 0.25) is 5.69 Å². The highest BCUT2D eigenvalue weighted by Gasteiger charge is 2.24.